The zero-order valence-corrected chi connectivity index (χ0v) is 9.90. The SMILES string of the molecule is COCCCOc1cc2c(cc1CN)OCO2. The molecule has 0 fully saturated rings. The molecule has 0 radical (unpaired) electrons. The van der Waals surface area contributed by atoms with Crippen molar-refractivity contribution in [1.82, 2.24) is 0 Å². The molecule has 94 valence electrons. The second kappa shape index (κ2) is 5.75. The van der Waals surface area contributed by atoms with E-state index in [-0.39, 0.29) is 6.79 Å². The molecule has 5 nitrogen and oxygen atoms in total. The number of methoxy groups -OCH3 is 1. The van der Waals surface area contributed by atoms with Crippen LogP contribution in [0.4, 0.5) is 0 Å². The molecule has 0 unspecified atom stereocenters. The van der Waals surface area contributed by atoms with Gasteiger partial charge in [-0.05, 0) is 6.07 Å². The molecule has 0 saturated heterocycles. The van der Waals surface area contributed by atoms with Gasteiger partial charge < -0.3 is 24.7 Å². The molecule has 1 heterocycles. The standard InChI is InChI=1S/C12H17NO4/c1-14-3-2-4-15-10-6-12-11(16-8-17-12)5-9(10)7-13/h5-6H,2-4,7-8,13H2,1H3. The molecule has 0 atom stereocenters. The highest BCUT2D eigenvalue weighted by atomic mass is 16.7. The lowest BCUT2D eigenvalue weighted by Crippen LogP contribution is -2.05. The van der Waals surface area contributed by atoms with Gasteiger partial charge in [0.1, 0.15) is 5.75 Å². The summed E-state index contributed by atoms with van der Waals surface area (Å²) < 4.78 is 21.2. The number of nitrogens with two attached hydrogens (primary N) is 1. The Kier molecular flexibility index (Phi) is 4.06. The summed E-state index contributed by atoms with van der Waals surface area (Å²) in [7, 11) is 1.67. The summed E-state index contributed by atoms with van der Waals surface area (Å²) in [5, 5.41) is 0. The van der Waals surface area contributed by atoms with Gasteiger partial charge in [-0.25, -0.2) is 0 Å². The highest BCUT2D eigenvalue weighted by Gasteiger charge is 2.17. The molecule has 1 aliphatic heterocycles. The van der Waals surface area contributed by atoms with E-state index in [1.807, 2.05) is 12.1 Å². The fraction of sp³-hybridized carbons (Fsp3) is 0.500. The van der Waals surface area contributed by atoms with Crippen molar-refractivity contribution in [2.45, 2.75) is 13.0 Å². The van der Waals surface area contributed by atoms with Crippen LogP contribution in [0.15, 0.2) is 12.1 Å². The first-order chi connectivity index (χ1) is 8.35. The van der Waals surface area contributed by atoms with Crippen molar-refractivity contribution >= 4 is 0 Å². The molecular weight excluding hydrogens is 222 g/mol. The second-order valence-corrected chi connectivity index (χ2v) is 3.71. The summed E-state index contributed by atoms with van der Waals surface area (Å²) >= 11 is 0. The van der Waals surface area contributed by atoms with Gasteiger partial charge in [0.15, 0.2) is 11.5 Å². The molecule has 0 bridgehead atoms. The van der Waals surface area contributed by atoms with E-state index in [0.29, 0.717) is 25.5 Å². The first kappa shape index (κ1) is 12.0. The summed E-state index contributed by atoms with van der Waals surface area (Å²) in [6.45, 7) is 1.95. The lowest BCUT2D eigenvalue weighted by atomic mass is 10.2. The van der Waals surface area contributed by atoms with Crippen molar-refractivity contribution in [2.24, 2.45) is 5.73 Å². The number of fused-ring (bicyclic) bond motifs is 1. The Morgan fingerprint density at radius 3 is 2.71 bits per heavy atom. The number of ether oxygens (including phenoxy) is 4. The van der Waals surface area contributed by atoms with Gasteiger partial charge in [0, 0.05) is 38.3 Å². The Bertz CT molecular complexity index is 381. The van der Waals surface area contributed by atoms with Gasteiger partial charge in [0.25, 0.3) is 0 Å². The zero-order valence-electron chi connectivity index (χ0n) is 9.90. The minimum Gasteiger partial charge on any atom is -0.493 e. The Labute approximate surface area is 100 Å². The molecule has 1 aliphatic rings. The molecule has 17 heavy (non-hydrogen) atoms. The Hall–Kier alpha value is -1.46. The summed E-state index contributed by atoms with van der Waals surface area (Å²) in [6.07, 6.45) is 0.842. The molecular formula is C12H17NO4. The Balaban J connectivity index is 2.04. The van der Waals surface area contributed by atoms with Crippen LogP contribution in [0.2, 0.25) is 0 Å². The fourth-order valence-corrected chi connectivity index (χ4v) is 1.64. The smallest absolute Gasteiger partial charge is 0.231 e. The number of rotatable bonds is 6. The molecule has 2 N–H and O–H groups in total. The molecule has 1 aromatic rings. The summed E-state index contributed by atoms with van der Waals surface area (Å²) in [5.74, 6) is 2.20. The third kappa shape index (κ3) is 2.81. The zero-order chi connectivity index (χ0) is 12.1. The van der Waals surface area contributed by atoms with E-state index in [9.17, 15) is 0 Å². The molecule has 0 spiro atoms. The average molecular weight is 239 g/mol. The van der Waals surface area contributed by atoms with Crippen molar-refractivity contribution in [1.29, 1.82) is 0 Å². The number of hydrogen-bond donors (Lipinski definition) is 1. The molecule has 0 amide bonds. The van der Waals surface area contributed by atoms with Crippen molar-refractivity contribution in [3.8, 4) is 17.2 Å². The van der Waals surface area contributed by atoms with Gasteiger partial charge in [0.2, 0.25) is 6.79 Å². The van der Waals surface area contributed by atoms with E-state index in [1.54, 1.807) is 7.11 Å². The van der Waals surface area contributed by atoms with Gasteiger partial charge >= 0.3 is 0 Å². The van der Waals surface area contributed by atoms with E-state index < -0.39 is 0 Å². The maximum Gasteiger partial charge on any atom is 0.231 e. The Morgan fingerprint density at radius 1 is 1.24 bits per heavy atom. The van der Waals surface area contributed by atoms with Crippen molar-refractivity contribution < 1.29 is 18.9 Å². The van der Waals surface area contributed by atoms with Crippen LogP contribution < -0.4 is 19.9 Å². The van der Waals surface area contributed by atoms with Crippen molar-refractivity contribution in [3.63, 3.8) is 0 Å². The summed E-state index contributed by atoms with van der Waals surface area (Å²) in [5.41, 5.74) is 6.60. The lowest BCUT2D eigenvalue weighted by Gasteiger charge is -2.11. The first-order valence-corrected chi connectivity index (χ1v) is 5.59. The molecule has 0 aliphatic carbocycles. The van der Waals surface area contributed by atoms with E-state index in [0.717, 1.165) is 23.5 Å². The molecule has 0 aromatic heterocycles. The predicted octanol–water partition coefficient (Wildman–Crippen LogP) is 1.29. The summed E-state index contributed by atoms with van der Waals surface area (Å²) in [4.78, 5) is 0. The number of hydrogen-bond acceptors (Lipinski definition) is 5. The van der Waals surface area contributed by atoms with Crippen LogP contribution in [0.3, 0.4) is 0 Å². The van der Waals surface area contributed by atoms with E-state index in [4.69, 9.17) is 24.7 Å². The van der Waals surface area contributed by atoms with Crippen LogP contribution in [0.1, 0.15) is 12.0 Å². The molecule has 2 rings (SSSR count). The third-order valence-corrected chi connectivity index (χ3v) is 2.53. The van der Waals surface area contributed by atoms with Gasteiger partial charge in [-0.3, -0.25) is 0 Å². The molecule has 1 aromatic carbocycles. The second-order valence-electron chi connectivity index (χ2n) is 3.71. The first-order valence-electron chi connectivity index (χ1n) is 5.59. The van der Waals surface area contributed by atoms with Gasteiger partial charge in [-0.2, -0.15) is 0 Å². The maximum absolute atomic E-state index is 5.67. The van der Waals surface area contributed by atoms with Crippen molar-refractivity contribution in [2.75, 3.05) is 27.1 Å². The van der Waals surface area contributed by atoms with Crippen LogP contribution in [-0.4, -0.2) is 27.1 Å². The van der Waals surface area contributed by atoms with Crippen LogP contribution in [0.5, 0.6) is 17.2 Å². The van der Waals surface area contributed by atoms with Crippen molar-refractivity contribution in [3.05, 3.63) is 17.7 Å². The monoisotopic (exact) mass is 239 g/mol. The van der Waals surface area contributed by atoms with E-state index in [1.165, 1.54) is 0 Å². The minimum atomic E-state index is 0.256. The maximum atomic E-state index is 5.67. The summed E-state index contributed by atoms with van der Waals surface area (Å²) in [6, 6.07) is 3.70. The highest BCUT2D eigenvalue weighted by Crippen LogP contribution is 2.37. The lowest BCUT2D eigenvalue weighted by molar-refractivity contribution is 0.170. The largest absolute Gasteiger partial charge is 0.493 e. The highest BCUT2D eigenvalue weighted by molar-refractivity contribution is 5.51. The predicted molar refractivity (Wildman–Crippen MR) is 62.4 cm³/mol. The van der Waals surface area contributed by atoms with E-state index >= 15 is 0 Å². The van der Waals surface area contributed by atoms with Crippen LogP contribution in [0, 0.1) is 0 Å². The number of benzene rings is 1. The third-order valence-electron chi connectivity index (χ3n) is 2.53. The van der Waals surface area contributed by atoms with Gasteiger partial charge in [0.05, 0.1) is 6.61 Å². The van der Waals surface area contributed by atoms with E-state index in [2.05, 4.69) is 0 Å². The minimum absolute atomic E-state index is 0.256. The van der Waals surface area contributed by atoms with Crippen LogP contribution in [-0.2, 0) is 11.3 Å². The normalized spacial score (nSPS) is 12.8. The van der Waals surface area contributed by atoms with Crippen LogP contribution in [0.25, 0.3) is 0 Å². The fourth-order valence-electron chi connectivity index (χ4n) is 1.64. The molecule has 5 heteroatoms. The molecule has 0 saturated carbocycles. The van der Waals surface area contributed by atoms with Gasteiger partial charge in [-0.15, -0.1) is 0 Å². The Morgan fingerprint density at radius 2 is 2.00 bits per heavy atom. The van der Waals surface area contributed by atoms with Gasteiger partial charge in [-0.1, -0.05) is 0 Å². The average Bonchev–Trinajstić information content (AvgIpc) is 2.80. The topological polar surface area (TPSA) is 62.9 Å². The quantitative estimate of drug-likeness (QED) is 0.758. The van der Waals surface area contributed by atoms with Crippen LogP contribution >= 0.6 is 0 Å².